The van der Waals surface area contributed by atoms with E-state index < -0.39 is 29.9 Å². The van der Waals surface area contributed by atoms with Crippen LogP contribution in [0.15, 0.2) is 35.5 Å². The molecule has 1 aliphatic heterocycles. The Morgan fingerprint density at radius 1 is 1.43 bits per heavy atom. The second-order valence-electron chi connectivity index (χ2n) is 7.15. The van der Waals surface area contributed by atoms with Gasteiger partial charge >= 0.3 is 0 Å². The van der Waals surface area contributed by atoms with Crippen molar-refractivity contribution in [3.05, 3.63) is 52.4 Å². The summed E-state index contributed by atoms with van der Waals surface area (Å²) in [5.74, 6) is -0.727. The van der Waals surface area contributed by atoms with Crippen LogP contribution in [0.25, 0.3) is 0 Å². The summed E-state index contributed by atoms with van der Waals surface area (Å²) in [6, 6.07) is 5.92. The SMILES string of the molecule is CC1=IC=Nc2c1ccn2C1CC(C(O)c2ccc(Cl)c(F)c2)C(C=N)C1O. The summed E-state index contributed by atoms with van der Waals surface area (Å²) in [4.78, 5) is 4.55. The molecule has 1 aromatic heterocycles. The fourth-order valence-electron chi connectivity index (χ4n) is 4.18. The summed E-state index contributed by atoms with van der Waals surface area (Å²) in [6.45, 7) is 2.11. The van der Waals surface area contributed by atoms with E-state index >= 15 is 0 Å². The third-order valence-corrected chi connectivity index (χ3v) is 8.06. The molecule has 2 heterocycles. The Morgan fingerprint density at radius 2 is 2.21 bits per heavy atom. The average Bonchev–Trinajstić information content (AvgIpc) is 3.25. The number of benzene rings is 1. The van der Waals surface area contributed by atoms with E-state index in [4.69, 9.17) is 17.0 Å². The predicted molar refractivity (Wildman–Crippen MR) is 118 cm³/mol. The van der Waals surface area contributed by atoms with Gasteiger partial charge in [-0.1, -0.05) is 38.4 Å². The van der Waals surface area contributed by atoms with E-state index in [0.29, 0.717) is 12.0 Å². The van der Waals surface area contributed by atoms with Gasteiger partial charge in [0.25, 0.3) is 0 Å². The standard InChI is InChI=1S/C20H20ClFIN3O2/c1-10-12-4-5-26(20(12)25-9-23-10)17-7-13(14(8-24)19(17)28)18(27)11-2-3-15(21)16(22)6-11/h2-6,8-9,13-14,17-19,24,27-28H,7H2,1H3. The lowest BCUT2D eigenvalue weighted by atomic mass is 9.87. The number of fused-ring (bicyclic) bond motifs is 1. The minimum absolute atomic E-state index is 0.00449. The number of aromatic nitrogens is 1. The monoisotopic (exact) mass is 515 g/mol. The molecule has 5 unspecified atom stereocenters. The number of halogens is 3. The Morgan fingerprint density at radius 3 is 2.93 bits per heavy atom. The smallest absolute Gasteiger partial charge is 0.142 e. The van der Waals surface area contributed by atoms with E-state index in [1.165, 1.54) is 21.9 Å². The molecule has 4 rings (SSSR count). The molecule has 8 heteroatoms. The molecule has 1 aliphatic carbocycles. The molecule has 1 saturated carbocycles. The van der Waals surface area contributed by atoms with Gasteiger partial charge in [0.15, 0.2) is 0 Å². The van der Waals surface area contributed by atoms with Crippen molar-refractivity contribution < 1.29 is 14.6 Å². The normalized spacial score (nSPS) is 27.7. The first-order valence-corrected chi connectivity index (χ1v) is 11.6. The zero-order chi connectivity index (χ0) is 20.0. The van der Waals surface area contributed by atoms with Crippen LogP contribution in [0.1, 0.15) is 36.6 Å². The first kappa shape index (κ1) is 19.9. The summed E-state index contributed by atoms with van der Waals surface area (Å²) in [6.07, 6.45) is 1.72. The number of nitrogens with zero attached hydrogens (tertiary/aromatic N) is 2. The van der Waals surface area contributed by atoms with E-state index in [-0.39, 0.29) is 31.8 Å². The summed E-state index contributed by atoms with van der Waals surface area (Å²) >= 11 is 5.55. The fraction of sp³-hybridized carbons (Fsp3) is 0.350. The van der Waals surface area contributed by atoms with Crippen LogP contribution in [0.5, 0.6) is 0 Å². The maximum absolute atomic E-state index is 13.9. The zero-order valence-corrected chi connectivity index (χ0v) is 18.0. The third-order valence-electron chi connectivity index (χ3n) is 5.68. The van der Waals surface area contributed by atoms with E-state index in [1.54, 1.807) is 6.07 Å². The molecule has 0 spiro atoms. The molecular weight excluding hydrogens is 496 g/mol. The van der Waals surface area contributed by atoms with E-state index in [9.17, 15) is 14.6 Å². The highest BCUT2D eigenvalue weighted by atomic mass is 127. The van der Waals surface area contributed by atoms with Gasteiger partial charge in [0.1, 0.15) is 11.6 Å². The van der Waals surface area contributed by atoms with Crippen molar-refractivity contribution in [3.8, 4) is 0 Å². The quantitative estimate of drug-likeness (QED) is 0.417. The Hall–Kier alpha value is -1.42. The van der Waals surface area contributed by atoms with Crippen molar-refractivity contribution in [3.63, 3.8) is 0 Å². The van der Waals surface area contributed by atoms with Crippen molar-refractivity contribution >= 4 is 52.1 Å². The van der Waals surface area contributed by atoms with Crippen molar-refractivity contribution in [2.75, 3.05) is 0 Å². The molecule has 5 atom stereocenters. The molecule has 0 radical (unpaired) electrons. The van der Waals surface area contributed by atoms with Gasteiger partial charge in [-0.05, 0) is 40.6 Å². The second-order valence-corrected chi connectivity index (χ2v) is 10.4. The van der Waals surface area contributed by atoms with Crippen molar-refractivity contribution in [2.24, 2.45) is 16.8 Å². The number of aliphatic imine (C=N–C) groups is 1. The number of aliphatic hydroxyl groups excluding tert-OH is 2. The van der Waals surface area contributed by atoms with Crippen LogP contribution in [0.3, 0.4) is 0 Å². The summed E-state index contributed by atoms with van der Waals surface area (Å²) < 4.78 is 19.1. The molecule has 2 aromatic rings. The number of hydrogen-bond acceptors (Lipinski definition) is 4. The van der Waals surface area contributed by atoms with Gasteiger partial charge in [0.05, 0.1) is 27.5 Å². The molecule has 0 saturated heterocycles. The van der Waals surface area contributed by atoms with E-state index in [1.807, 2.05) is 21.1 Å². The molecule has 0 bridgehead atoms. The fourth-order valence-corrected chi connectivity index (χ4v) is 5.88. The number of hydrogen-bond donors (Lipinski definition) is 3. The van der Waals surface area contributed by atoms with Crippen LogP contribution in [-0.2, 0) is 0 Å². The van der Waals surface area contributed by atoms with Crippen molar-refractivity contribution in [2.45, 2.75) is 31.6 Å². The first-order valence-electron chi connectivity index (χ1n) is 8.94. The Bertz CT molecular complexity index is 990. The van der Waals surface area contributed by atoms with Crippen molar-refractivity contribution in [1.29, 1.82) is 5.41 Å². The molecule has 3 N–H and O–H groups in total. The Labute approximate surface area is 177 Å². The van der Waals surface area contributed by atoms with Gasteiger partial charge in [-0.25, -0.2) is 9.38 Å². The molecule has 1 fully saturated rings. The molecule has 5 nitrogen and oxygen atoms in total. The summed E-state index contributed by atoms with van der Waals surface area (Å²) in [7, 11) is 0. The molecule has 28 heavy (non-hydrogen) atoms. The minimum atomic E-state index is -1.01. The van der Waals surface area contributed by atoms with Crippen LogP contribution < -0.4 is 0 Å². The molecule has 0 amide bonds. The van der Waals surface area contributed by atoms with Gasteiger partial charge in [0, 0.05) is 29.8 Å². The van der Waals surface area contributed by atoms with Gasteiger partial charge in [-0.15, -0.1) is 0 Å². The highest BCUT2D eigenvalue weighted by Crippen LogP contribution is 2.47. The number of aliphatic hydroxyl groups is 2. The second kappa shape index (κ2) is 7.78. The van der Waals surface area contributed by atoms with Crippen LogP contribution in [0, 0.1) is 23.1 Å². The highest BCUT2D eigenvalue weighted by molar-refractivity contribution is 14.2. The lowest BCUT2D eigenvalue weighted by molar-refractivity contribution is 0.0730. The third kappa shape index (κ3) is 3.28. The molecular formula is C20H20ClFIN3O2. The predicted octanol–water partition coefficient (Wildman–Crippen LogP) is 4.39. The average molecular weight is 516 g/mol. The Kier molecular flexibility index (Phi) is 5.52. The van der Waals surface area contributed by atoms with E-state index in [0.717, 1.165) is 11.4 Å². The summed E-state index contributed by atoms with van der Waals surface area (Å²) in [5, 5.41) is 29.6. The zero-order valence-electron chi connectivity index (χ0n) is 15.1. The Balaban J connectivity index is 1.66. The van der Waals surface area contributed by atoms with Crippen LogP contribution in [0.2, 0.25) is 5.02 Å². The molecule has 2 aliphatic rings. The maximum Gasteiger partial charge on any atom is 0.142 e. The number of rotatable bonds is 4. The van der Waals surface area contributed by atoms with Gasteiger partial charge in [-0.3, -0.25) is 0 Å². The largest absolute Gasteiger partial charge is 0.390 e. The van der Waals surface area contributed by atoms with Crippen LogP contribution >= 0.6 is 32.3 Å². The van der Waals surface area contributed by atoms with Gasteiger partial charge < -0.3 is 20.2 Å². The van der Waals surface area contributed by atoms with Gasteiger partial charge in [0.2, 0.25) is 0 Å². The summed E-state index contributed by atoms with van der Waals surface area (Å²) in [5.41, 5.74) is 1.51. The number of nitrogens with one attached hydrogen (secondary N) is 1. The van der Waals surface area contributed by atoms with Crippen molar-refractivity contribution in [1.82, 2.24) is 4.57 Å². The van der Waals surface area contributed by atoms with Crippen LogP contribution in [0.4, 0.5) is 10.2 Å². The van der Waals surface area contributed by atoms with E-state index in [2.05, 4.69) is 11.9 Å². The lowest BCUT2D eigenvalue weighted by Gasteiger charge is -2.23. The topological polar surface area (TPSA) is 81.6 Å². The van der Waals surface area contributed by atoms with Crippen LogP contribution in [-0.4, -0.2) is 34.8 Å². The molecule has 1 aromatic carbocycles. The lowest BCUT2D eigenvalue weighted by Crippen LogP contribution is -2.27. The minimum Gasteiger partial charge on any atom is -0.390 e. The maximum atomic E-state index is 13.9. The molecule has 148 valence electrons. The van der Waals surface area contributed by atoms with Gasteiger partial charge in [-0.2, -0.15) is 0 Å². The highest BCUT2D eigenvalue weighted by Gasteiger charge is 2.46. The first-order chi connectivity index (χ1) is 13.4.